The van der Waals surface area contributed by atoms with Gasteiger partial charge in [0.15, 0.2) is 0 Å². The van der Waals surface area contributed by atoms with Crippen LogP contribution in [0.2, 0.25) is 0 Å². The molecule has 2 aromatic carbocycles. The van der Waals surface area contributed by atoms with Crippen LogP contribution in [0.1, 0.15) is 15.9 Å². The number of benzene rings is 2. The maximum Gasteiger partial charge on any atom is 0.339 e. The van der Waals surface area contributed by atoms with Crippen molar-refractivity contribution in [3.05, 3.63) is 71.9 Å². The van der Waals surface area contributed by atoms with E-state index in [2.05, 4.69) is 4.98 Å². The number of carbonyl (C=O) groups excluding carboxylic acids is 1. The smallest absolute Gasteiger partial charge is 0.339 e. The highest BCUT2D eigenvalue weighted by atomic mass is 16.5. The Morgan fingerprint density at radius 1 is 1.09 bits per heavy atom. The molecule has 1 heterocycles. The molecule has 1 aromatic heterocycles. The van der Waals surface area contributed by atoms with Gasteiger partial charge in [0.2, 0.25) is 0 Å². The van der Waals surface area contributed by atoms with E-state index in [9.17, 15) is 4.79 Å². The van der Waals surface area contributed by atoms with Gasteiger partial charge in [0, 0.05) is 17.6 Å². The number of nitrogens with zero attached hydrogens (tertiary/aromatic N) is 1. The van der Waals surface area contributed by atoms with Gasteiger partial charge in [-0.05, 0) is 23.8 Å². The maximum absolute atomic E-state index is 11.5. The predicted molar refractivity (Wildman–Crippen MR) is 83.9 cm³/mol. The van der Waals surface area contributed by atoms with Crippen LogP contribution in [-0.4, -0.2) is 18.1 Å². The number of methoxy groups -OCH3 is 1. The van der Waals surface area contributed by atoms with Gasteiger partial charge >= 0.3 is 5.97 Å². The van der Waals surface area contributed by atoms with Crippen LogP contribution in [0.5, 0.6) is 5.75 Å². The molecule has 3 aromatic rings. The molecule has 110 valence electrons. The molecule has 0 fully saturated rings. The summed E-state index contributed by atoms with van der Waals surface area (Å²) in [5.74, 6) is 0.355. The highest BCUT2D eigenvalue weighted by Crippen LogP contribution is 2.21. The molecule has 0 radical (unpaired) electrons. The lowest BCUT2D eigenvalue weighted by molar-refractivity contribution is 0.0600. The van der Waals surface area contributed by atoms with E-state index in [0.29, 0.717) is 12.2 Å². The lowest BCUT2D eigenvalue weighted by Gasteiger charge is -2.07. The molecule has 0 N–H and O–H groups in total. The number of rotatable bonds is 4. The Labute approximate surface area is 128 Å². The van der Waals surface area contributed by atoms with Crippen LogP contribution in [0.25, 0.3) is 10.9 Å². The zero-order valence-corrected chi connectivity index (χ0v) is 12.2. The molecule has 0 unspecified atom stereocenters. The average Bonchev–Trinajstić information content (AvgIpc) is 2.59. The van der Waals surface area contributed by atoms with Gasteiger partial charge in [0.25, 0.3) is 0 Å². The first-order valence-corrected chi connectivity index (χ1v) is 6.91. The van der Waals surface area contributed by atoms with Gasteiger partial charge in [0.1, 0.15) is 12.4 Å². The zero-order valence-electron chi connectivity index (χ0n) is 12.2. The number of hydrogen-bond acceptors (Lipinski definition) is 4. The van der Waals surface area contributed by atoms with Gasteiger partial charge in [-0.1, -0.05) is 30.3 Å². The summed E-state index contributed by atoms with van der Waals surface area (Å²) >= 11 is 0. The zero-order chi connectivity index (χ0) is 15.4. The van der Waals surface area contributed by atoms with Crippen molar-refractivity contribution in [2.24, 2.45) is 0 Å². The van der Waals surface area contributed by atoms with Crippen molar-refractivity contribution < 1.29 is 14.3 Å². The number of pyridine rings is 1. The Morgan fingerprint density at radius 2 is 1.91 bits per heavy atom. The highest BCUT2D eigenvalue weighted by Gasteiger charge is 2.07. The van der Waals surface area contributed by atoms with Crippen molar-refractivity contribution in [1.29, 1.82) is 0 Å². The summed E-state index contributed by atoms with van der Waals surface area (Å²) in [5.41, 5.74) is 2.32. The largest absolute Gasteiger partial charge is 0.489 e. The first-order chi connectivity index (χ1) is 10.8. The van der Waals surface area contributed by atoms with Crippen molar-refractivity contribution in [3.8, 4) is 5.75 Å². The van der Waals surface area contributed by atoms with Crippen molar-refractivity contribution >= 4 is 16.9 Å². The number of hydrogen-bond donors (Lipinski definition) is 0. The van der Waals surface area contributed by atoms with E-state index in [-0.39, 0.29) is 5.97 Å². The Kier molecular flexibility index (Phi) is 4.01. The molecule has 0 aliphatic carbocycles. The van der Waals surface area contributed by atoms with E-state index in [1.165, 1.54) is 13.3 Å². The maximum atomic E-state index is 11.5. The molecule has 0 aliphatic rings. The van der Waals surface area contributed by atoms with E-state index < -0.39 is 0 Å². The van der Waals surface area contributed by atoms with Crippen LogP contribution in [0.4, 0.5) is 0 Å². The second-order valence-corrected chi connectivity index (χ2v) is 4.84. The fourth-order valence-electron chi connectivity index (χ4n) is 2.16. The normalized spacial score (nSPS) is 10.4. The minimum absolute atomic E-state index is 0.390. The first kappa shape index (κ1) is 14.1. The van der Waals surface area contributed by atoms with Crippen LogP contribution in [0.3, 0.4) is 0 Å². The molecule has 3 rings (SSSR count). The first-order valence-electron chi connectivity index (χ1n) is 6.91. The SMILES string of the molecule is COC(=O)c1cnc2cc(OCc3ccccc3)ccc2c1. The van der Waals surface area contributed by atoms with E-state index in [1.807, 2.05) is 48.5 Å². The van der Waals surface area contributed by atoms with Crippen LogP contribution in [0, 0.1) is 0 Å². The van der Waals surface area contributed by atoms with Gasteiger partial charge < -0.3 is 9.47 Å². The summed E-state index contributed by atoms with van der Waals surface area (Å²) < 4.78 is 10.5. The average molecular weight is 293 g/mol. The fraction of sp³-hybridized carbons (Fsp3) is 0.111. The number of ether oxygens (including phenoxy) is 2. The summed E-state index contributed by atoms with van der Waals surface area (Å²) in [6, 6.07) is 17.3. The fourth-order valence-corrected chi connectivity index (χ4v) is 2.16. The Morgan fingerprint density at radius 3 is 2.68 bits per heavy atom. The molecule has 0 saturated heterocycles. The molecule has 0 saturated carbocycles. The van der Waals surface area contributed by atoms with Crippen molar-refractivity contribution in [2.75, 3.05) is 7.11 Å². The molecule has 22 heavy (non-hydrogen) atoms. The summed E-state index contributed by atoms with van der Waals surface area (Å²) in [6.45, 7) is 0.507. The molecular formula is C18H15NO3. The lowest BCUT2D eigenvalue weighted by atomic mass is 10.1. The molecule has 0 atom stereocenters. The highest BCUT2D eigenvalue weighted by molar-refractivity contribution is 5.93. The Bertz CT molecular complexity index is 800. The third kappa shape index (κ3) is 3.06. The minimum Gasteiger partial charge on any atom is -0.489 e. The van der Waals surface area contributed by atoms with Crippen LogP contribution in [-0.2, 0) is 11.3 Å². The quantitative estimate of drug-likeness (QED) is 0.690. The van der Waals surface area contributed by atoms with Crippen molar-refractivity contribution in [3.63, 3.8) is 0 Å². The third-order valence-electron chi connectivity index (χ3n) is 3.33. The van der Waals surface area contributed by atoms with E-state index in [1.54, 1.807) is 6.07 Å². The predicted octanol–water partition coefficient (Wildman–Crippen LogP) is 3.60. The van der Waals surface area contributed by atoms with Crippen molar-refractivity contribution in [1.82, 2.24) is 4.98 Å². The lowest BCUT2D eigenvalue weighted by Crippen LogP contribution is -2.01. The third-order valence-corrected chi connectivity index (χ3v) is 3.33. The molecule has 0 aliphatic heterocycles. The second-order valence-electron chi connectivity index (χ2n) is 4.84. The Hall–Kier alpha value is -2.88. The standard InChI is InChI=1S/C18H15NO3/c1-21-18(20)15-9-14-7-8-16(10-17(14)19-11-15)22-12-13-5-3-2-4-6-13/h2-11H,12H2,1H3. The Balaban J connectivity index is 1.80. The van der Waals surface area contributed by atoms with Gasteiger partial charge in [-0.2, -0.15) is 0 Å². The van der Waals surface area contributed by atoms with E-state index >= 15 is 0 Å². The van der Waals surface area contributed by atoms with Crippen LogP contribution >= 0.6 is 0 Å². The summed E-state index contributed by atoms with van der Waals surface area (Å²) in [6.07, 6.45) is 1.51. The summed E-state index contributed by atoms with van der Waals surface area (Å²) in [5, 5.41) is 0.870. The molecule has 0 amide bonds. The van der Waals surface area contributed by atoms with Gasteiger partial charge in [0.05, 0.1) is 18.2 Å². The number of fused-ring (bicyclic) bond motifs is 1. The molecule has 0 bridgehead atoms. The van der Waals surface area contributed by atoms with Gasteiger partial charge in [-0.25, -0.2) is 4.79 Å². The van der Waals surface area contributed by atoms with Crippen LogP contribution < -0.4 is 4.74 Å². The van der Waals surface area contributed by atoms with Gasteiger partial charge in [-0.3, -0.25) is 4.98 Å². The molecule has 4 nitrogen and oxygen atoms in total. The van der Waals surface area contributed by atoms with Crippen molar-refractivity contribution in [2.45, 2.75) is 6.61 Å². The summed E-state index contributed by atoms with van der Waals surface area (Å²) in [4.78, 5) is 15.8. The van der Waals surface area contributed by atoms with Gasteiger partial charge in [-0.15, -0.1) is 0 Å². The molecular weight excluding hydrogens is 278 g/mol. The van der Waals surface area contributed by atoms with Crippen LogP contribution in [0.15, 0.2) is 60.8 Å². The minimum atomic E-state index is -0.390. The van der Waals surface area contributed by atoms with E-state index in [4.69, 9.17) is 9.47 Å². The monoisotopic (exact) mass is 293 g/mol. The number of aromatic nitrogens is 1. The number of carbonyl (C=O) groups is 1. The second kappa shape index (κ2) is 6.26. The number of esters is 1. The topological polar surface area (TPSA) is 48.4 Å². The summed E-state index contributed by atoms with van der Waals surface area (Å²) in [7, 11) is 1.35. The molecule has 4 heteroatoms. The van der Waals surface area contributed by atoms with E-state index in [0.717, 1.165) is 22.2 Å². The molecule has 0 spiro atoms.